The maximum absolute atomic E-state index is 14.5. The third kappa shape index (κ3) is 7.18. The number of carbonyl (C=O) groups excluding carboxylic acids is 2. The Morgan fingerprint density at radius 2 is 1.71 bits per heavy atom. The molecule has 0 aromatic heterocycles. The molecule has 190 valence electrons. The number of sulfonamides is 1. The number of carbonyl (C=O) groups is 2. The lowest BCUT2D eigenvalue weighted by Gasteiger charge is -2.33. The topological polar surface area (TPSA) is 86.8 Å². The number of nitrogens with one attached hydrogen (secondary N) is 1. The van der Waals surface area contributed by atoms with Crippen LogP contribution in [0, 0.1) is 5.82 Å². The highest BCUT2D eigenvalue weighted by Gasteiger charge is 2.32. The molecule has 0 bridgehead atoms. The maximum Gasteiger partial charge on any atom is 0.244 e. The van der Waals surface area contributed by atoms with Gasteiger partial charge in [0.2, 0.25) is 21.8 Å². The van der Waals surface area contributed by atoms with Gasteiger partial charge in [0.25, 0.3) is 0 Å². The minimum atomic E-state index is -3.89. The molecule has 1 aliphatic rings. The molecule has 7 nitrogen and oxygen atoms in total. The average Bonchev–Trinajstić information content (AvgIpc) is 2.82. The van der Waals surface area contributed by atoms with Crippen LogP contribution in [0.3, 0.4) is 0 Å². The van der Waals surface area contributed by atoms with E-state index in [4.69, 9.17) is 11.6 Å². The van der Waals surface area contributed by atoms with E-state index < -0.39 is 34.3 Å². The quantitative estimate of drug-likeness (QED) is 0.536. The van der Waals surface area contributed by atoms with Gasteiger partial charge in [-0.2, -0.15) is 0 Å². The molecule has 1 unspecified atom stereocenters. The zero-order valence-corrected chi connectivity index (χ0v) is 21.5. The Morgan fingerprint density at radius 1 is 1.09 bits per heavy atom. The largest absolute Gasteiger partial charge is 0.352 e. The maximum atomic E-state index is 14.5. The highest BCUT2D eigenvalue weighted by Crippen LogP contribution is 2.27. The molecule has 1 fully saturated rings. The van der Waals surface area contributed by atoms with Crippen LogP contribution in [-0.2, 0) is 26.2 Å². The summed E-state index contributed by atoms with van der Waals surface area (Å²) in [6, 6.07) is 11.3. The van der Waals surface area contributed by atoms with Crippen LogP contribution < -0.4 is 9.62 Å². The summed E-state index contributed by atoms with van der Waals surface area (Å²) in [6.07, 6.45) is 5.89. The molecular formula is C25H31ClFN3O4S. The molecule has 35 heavy (non-hydrogen) atoms. The van der Waals surface area contributed by atoms with Crippen LogP contribution in [-0.4, -0.2) is 50.0 Å². The van der Waals surface area contributed by atoms with Crippen molar-refractivity contribution >= 4 is 39.1 Å². The number of hydrogen-bond acceptors (Lipinski definition) is 4. The first-order valence-corrected chi connectivity index (χ1v) is 13.9. The van der Waals surface area contributed by atoms with E-state index in [-0.39, 0.29) is 34.8 Å². The fourth-order valence-electron chi connectivity index (χ4n) is 4.21. The van der Waals surface area contributed by atoms with Crippen molar-refractivity contribution in [1.29, 1.82) is 0 Å². The molecule has 1 aliphatic carbocycles. The Balaban J connectivity index is 1.89. The summed E-state index contributed by atoms with van der Waals surface area (Å²) in [4.78, 5) is 27.8. The van der Waals surface area contributed by atoms with Gasteiger partial charge in [-0.1, -0.05) is 61.2 Å². The Hall–Kier alpha value is -2.65. The second kappa shape index (κ2) is 11.9. The zero-order valence-electron chi connectivity index (χ0n) is 19.9. The normalized spacial score (nSPS) is 15.3. The number of para-hydroxylation sites is 1. The van der Waals surface area contributed by atoms with Gasteiger partial charge in [-0.05, 0) is 38.0 Å². The number of anilines is 1. The van der Waals surface area contributed by atoms with E-state index in [1.165, 1.54) is 35.2 Å². The van der Waals surface area contributed by atoms with Crippen molar-refractivity contribution in [2.24, 2.45) is 0 Å². The van der Waals surface area contributed by atoms with Crippen LogP contribution in [0.15, 0.2) is 48.5 Å². The molecule has 2 aromatic rings. The molecule has 0 spiro atoms. The van der Waals surface area contributed by atoms with E-state index in [1.807, 2.05) is 0 Å². The number of amides is 2. The molecule has 2 aromatic carbocycles. The predicted molar refractivity (Wildman–Crippen MR) is 135 cm³/mol. The number of benzene rings is 2. The van der Waals surface area contributed by atoms with Crippen molar-refractivity contribution in [3.63, 3.8) is 0 Å². The van der Waals surface area contributed by atoms with Crippen LogP contribution in [0.4, 0.5) is 10.1 Å². The van der Waals surface area contributed by atoms with Crippen molar-refractivity contribution in [2.45, 2.75) is 57.7 Å². The first-order chi connectivity index (χ1) is 16.6. The molecule has 0 heterocycles. The van der Waals surface area contributed by atoms with Crippen molar-refractivity contribution in [3.05, 3.63) is 64.9 Å². The first kappa shape index (κ1) is 26.9. The molecule has 1 saturated carbocycles. The average molecular weight is 524 g/mol. The minimum absolute atomic E-state index is 0.0276. The van der Waals surface area contributed by atoms with Gasteiger partial charge in [-0.15, -0.1) is 0 Å². The standard InChI is InChI=1S/C25H31ClFN3O4S/c1-18(25(32)28-20-11-4-3-5-12-20)29(16-19-10-6-8-14-22(19)27)24(31)17-30(35(2,33)34)23-15-9-7-13-21(23)26/h6-10,13-15,18,20H,3-5,11-12,16-17H2,1-2H3,(H,28,32). The monoisotopic (exact) mass is 523 g/mol. The fraction of sp³-hybridized carbons (Fsp3) is 0.440. The highest BCUT2D eigenvalue weighted by molar-refractivity contribution is 7.92. The van der Waals surface area contributed by atoms with Crippen LogP contribution in [0.2, 0.25) is 5.02 Å². The summed E-state index contributed by atoms with van der Waals surface area (Å²) < 4.78 is 40.5. The number of rotatable bonds is 9. The van der Waals surface area contributed by atoms with E-state index in [2.05, 4.69) is 5.32 Å². The summed E-state index contributed by atoms with van der Waals surface area (Å²) in [6.45, 7) is 0.792. The van der Waals surface area contributed by atoms with Crippen LogP contribution >= 0.6 is 11.6 Å². The van der Waals surface area contributed by atoms with Gasteiger partial charge in [0.1, 0.15) is 18.4 Å². The second-order valence-corrected chi connectivity index (χ2v) is 11.2. The summed E-state index contributed by atoms with van der Waals surface area (Å²) in [5.74, 6) is -1.52. The smallest absolute Gasteiger partial charge is 0.244 e. The lowest BCUT2D eigenvalue weighted by atomic mass is 9.95. The molecule has 0 aliphatic heterocycles. The van der Waals surface area contributed by atoms with Crippen LogP contribution in [0.25, 0.3) is 0 Å². The number of nitrogens with zero attached hydrogens (tertiary/aromatic N) is 2. The number of hydrogen-bond donors (Lipinski definition) is 1. The Bertz CT molecular complexity index is 1150. The van der Waals surface area contributed by atoms with E-state index in [1.54, 1.807) is 25.1 Å². The van der Waals surface area contributed by atoms with Gasteiger partial charge in [0.05, 0.1) is 17.0 Å². The fourth-order valence-corrected chi connectivity index (χ4v) is 5.36. The van der Waals surface area contributed by atoms with Gasteiger partial charge >= 0.3 is 0 Å². The lowest BCUT2D eigenvalue weighted by Crippen LogP contribution is -2.53. The van der Waals surface area contributed by atoms with Gasteiger partial charge in [-0.3, -0.25) is 13.9 Å². The molecule has 2 amide bonds. The first-order valence-electron chi connectivity index (χ1n) is 11.6. The lowest BCUT2D eigenvalue weighted by molar-refractivity contribution is -0.139. The van der Waals surface area contributed by atoms with Crippen LogP contribution in [0.5, 0.6) is 0 Å². The summed E-state index contributed by atoms with van der Waals surface area (Å²) in [5, 5.41) is 3.16. The predicted octanol–water partition coefficient (Wildman–Crippen LogP) is 4.11. The number of halogens is 2. The third-order valence-electron chi connectivity index (χ3n) is 6.22. The third-order valence-corrected chi connectivity index (χ3v) is 7.66. The van der Waals surface area contributed by atoms with Crippen molar-refractivity contribution in [1.82, 2.24) is 10.2 Å². The molecule has 3 rings (SSSR count). The van der Waals surface area contributed by atoms with Gasteiger partial charge in [0.15, 0.2) is 0 Å². The summed E-state index contributed by atoms with van der Waals surface area (Å²) in [5.41, 5.74) is 0.372. The van der Waals surface area contributed by atoms with E-state index in [0.29, 0.717) is 0 Å². The van der Waals surface area contributed by atoms with Crippen molar-refractivity contribution < 1.29 is 22.4 Å². The molecule has 0 saturated heterocycles. The molecule has 1 atom stereocenters. The minimum Gasteiger partial charge on any atom is -0.352 e. The molecular weight excluding hydrogens is 493 g/mol. The van der Waals surface area contributed by atoms with E-state index >= 15 is 0 Å². The van der Waals surface area contributed by atoms with E-state index in [0.717, 1.165) is 42.7 Å². The van der Waals surface area contributed by atoms with Crippen LogP contribution in [0.1, 0.15) is 44.6 Å². The zero-order chi connectivity index (χ0) is 25.6. The van der Waals surface area contributed by atoms with Gasteiger partial charge < -0.3 is 10.2 Å². The summed E-state index contributed by atoms with van der Waals surface area (Å²) >= 11 is 6.22. The van der Waals surface area contributed by atoms with Crippen molar-refractivity contribution in [3.8, 4) is 0 Å². The van der Waals surface area contributed by atoms with Crippen molar-refractivity contribution in [2.75, 3.05) is 17.1 Å². The summed E-state index contributed by atoms with van der Waals surface area (Å²) in [7, 11) is -3.89. The molecule has 1 N–H and O–H groups in total. The molecule has 10 heteroatoms. The second-order valence-electron chi connectivity index (χ2n) is 8.85. The Kier molecular flexibility index (Phi) is 9.13. The Labute approximate surface area is 211 Å². The van der Waals surface area contributed by atoms with Gasteiger partial charge in [-0.25, -0.2) is 12.8 Å². The highest BCUT2D eigenvalue weighted by atomic mass is 35.5. The SMILES string of the molecule is CC(C(=O)NC1CCCCC1)N(Cc1ccccc1F)C(=O)CN(c1ccccc1Cl)S(C)(=O)=O. The molecule has 0 radical (unpaired) electrons. The van der Waals surface area contributed by atoms with Gasteiger partial charge in [0, 0.05) is 18.2 Å². The van der Waals surface area contributed by atoms with E-state index in [9.17, 15) is 22.4 Å². The Morgan fingerprint density at radius 3 is 2.34 bits per heavy atom.